The van der Waals surface area contributed by atoms with Crippen LogP contribution >= 0.6 is 27.5 Å². The third-order valence-electron chi connectivity index (χ3n) is 2.32. The van der Waals surface area contributed by atoms with Crippen LogP contribution in [-0.4, -0.2) is 10.1 Å². The summed E-state index contributed by atoms with van der Waals surface area (Å²) >= 11 is 9.18. The predicted molar refractivity (Wildman–Crippen MR) is 72.3 cm³/mol. The lowest BCUT2D eigenvalue weighted by Crippen LogP contribution is -2.01. The Morgan fingerprint density at radius 1 is 1.39 bits per heavy atom. The van der Waals surface area contributed by atoms with Crippen LogP contribution in [0.2, 0.25) is 5.15 Å². The third-order valence-corrected chi connectivity index (χ3v) is 3.05. The number of nitrogens with one attached hydrogen (secondary N) is 1. The van der Waals surface area contributed by atoms with Gasteiger partial charge in [-0.3, -0.25) is 0 Å². The molecule has 0 aliphatic carbocycles. The lowest BCUT2D eigenvalue weighted by Gasteiger charge is -2.09. The maximum atomic E-state index is 13.0. The molecule has 0 atom stereocenters. The Labute approximate surface area is 117 Å². The maximum absolute atomic E-state index is 13.0. The molecule has 1 heterocycles. The van der Waals surface area contributed by atoms with Crippen molar-refractivity contribution in [1.82, 2.24) is 4.98 Å². The summed E-state index contributed by atoms with van der Waals surface area (Å²) in [5.74, 6) is -0.369. The summed E-state index contributed by atoms with van der Waals surface area (Å²) in [4.78, 5) is 3.95. The van der Waals surface area contributed by atoms with E-state index in [-0.39, 0.29) is 12.3 Å². The van der Waals surface area contributed by atoms with Crippen molar-refractivity contribution in [2.75, 3.05) is 5.32 Å². The monoisotopic (exact) mass is 330 g/mol. The average Bonchev–Trinajstić information content (AvgIpc) is 2.34. The van der Waals surface area contributed by atoms with Crippen molar-refractivity contribution in [2.45, 2.75) is 6.54 Å². The Hall–Kier alpha value is -1.33. The smallest absolute Gasteiger partial charge is 0.152 e. The van der Waals surface area contributed by atoms with Crippen molar-refractivity contribution in [3.63, 3.8) is 0 Å². The number of rotatable bonds is 3. The molecule has 94 valence electrons. The highest BCUT2D eigenvalue weighted by atomic mass is 79.9. The van der Waals surface area contributed by atoms with E-state index >= 15 is 0 Å². The molecule has 0 saturated heterocycles. The van der Waals surface area contributed by atoms with Gasteiger partial charge < -0.3 is 10.4 Å². The van der Waals surface area contributed by atoms with E-state index in [9.17, 15) is 9.50 Å². The van der Waals surface area contributed by atoms with Crippen LogP contribution in [-0.2, 0) is 6.54 Å². The summed E-state index contributed by atoms with van der Waals surface area (Å²) in [5, 5.41) is 12.9. The van der Waals surface area contributed by atoms with Gasteiger partial charge in [-0.2, -0.15) is 0 Å². The Morgan fingerprint density at radius 3 is 2.94 bits per heavy atom. The number of phenols is 1. The zero-order chi connectivity index (χ0) is 13.1. The van der Waals surface area contributed by atoms with Gasteiger partial charge in [0.15, 0.2) is 5.15 Å². The number of aromatic nitrogens is 1. The second-order valence-electron chi connectivity index (χ2n) is 3.62. The highest BCUT2D eigenvalue weighted by Gasteiger charge is 2.06. The lowest BCUT2D eigenvalue weighted by molar-refractivity contribution is 0.466. The van der Waals surface area contributed by atoms with Gasteiger partial charge in [0.1, 0.15) is 11.6 Å². The molecule has 0 amide bonds. The largest absolute Gasteiger partial charge is 0.508 e. The van der Waals surface area contributed by atoms with Gasteiger partial charge >= 0.3 is 0 Å². The number of anilines is 1. The Balaban J connectivity index is 2.16. The molecule has 2 aromatic rings. The molecule has 0 aliphatic rings. The van der Waals surface area contributed by atoms with E-state index in [0.29, 0.717) is 16.4 Å². The van der Waals surface area contributed by atoms with Gasteiger partial charge in [-0.1, -0.05) is 11.6 Å². The standard InChI is InChI=1S/C12H9BrClFN2O/c13-8-4-10(12(14)17-6-8)16-5-7-3-9(15)1-2-11(7)18/h1-4,6,16,18H,5H2. The average molecular weight is 332 g/mol. The first-order valence-corrected chi connectivity index (χ1v) is 6.25. The minimum Gasteiger partial charge on any atom is -0.508 e. The Kier molecular flexibility index (Phi) is 4.04. The fourth-order valence-corrected chi connectivity index (χ4v) is 1.93. The van der Waals surface area contributed by atoms with E-state index < -0.39 is 5.82 Å². The number of benzene rings is 1. The van der Waals surface area contributed by atoms with Crippen LogP contribution in [0.3, 0.4) is 0 Å². The summed E-state index contributed by atoms with van der Waals surface area (Å²) in [5.41, 5.74) is 1.06. The van der Waals surface area contributed by atoms with Crippen molar-refractivity contribution in [3.05, 3.63) is 51.5 Å². The molecule has 2 N–H and O–H groups in total. The van der Waals surface area contributed by atoms with Gasteiger partial charge in [0.05, 0.1) is 5.69 Å². The summed E-state index contributed by atoms with van der Waals surface area (Å²) < 4.78 is 13.8. The van der Waals surface area contributed by atoms with Crippen molar-refractivity contribution >= 4 is 33.2 Å². The van der Waals surface area contributed by atoms with Crippen LogP contribution in [0.4, 0.5) is 10.1 Å². The highest BCUT2D eigenvalue weighted by molar-refractivity contribution is 9.10. The van der Waals surface area contributed by atoms with Crippen LogP contribution in [0.15, 0.2) is 34.9 Å². The molecule has 2 rings (SSSR count). The second-order valence-corrected chi connectivity index (χ2v) is 4.89. The number of phenolic OH excluding ortho intramolecular Hbond substituents is 1. The first kappa shape index (κ1) is 13.1. The first-order chi connectivity index (χ1) is 8.56. The van der Waals surface area contributed by atoms with Gasteiger partial charge in [-0.05, 0) is 40.2 Å². The van der Waals surface area contributed by atoms with Crippen molar-refractivity contribution in [3.8, 4) is 5.75 Å². The van der Waals surface area contributed by atoms with Crippen LogP contribution in [0, 0.1) is 5.82 Å². The summed E-state index contributed by atoms with van der Waals surface area (Å²) in [6.45, 7) is 0.251. The Morgan fingerprint density at radius 2 is 2.17 bits per heavy atom. The molecule has 6 heteroatoms. The van der Waals surface area contributed by atoms with E-state index in [0.717, 1.165) is 4.47 Å². The summed E-state index contributed by atoms with van der Waals surface area (Å²) in [6.07, 6.45) is 1.58. The van der Waals surface area contributed by atoms with E-state index in [2.05, 4.69) is 26.2 Å². The zero-order valence-corrected chi connectivity index (χ0v) is 11.5. The molecule has 0 saturated carbocycles. The minimum absolute atomic E-state index is 0.0305. The van der Waals surface area contributed by atoms with Crippen LogP contribution in [0.5, 0.6) is 5.75 Å². The van der Waals surface area contributed by atoms with Gasteiger partial charge in [0.2, 0.25) is 0 Å². The zero-order valence-electron chi connectivity index (χ0n) is 9.12. The maximum Gasteiger partial charge on any atom is 0.152 e. The van der Waals surface area contributed by atoms with E-state index in [1.165, 1.54) is 18.2 Å². The van der Waals surface area contributed by atoms with E-state index in [1.807, 2.05) is 0 Å². The van der Waals surface area contributed by atoms with E-state index in [4.69, 9.17) is 11.6 Å². The molecule has 3 nitrogen and oxygen atoms in total. The van der Waals surface area contributed by atoms with Crippen molar-refractivity contribution in [1.29, 1.82) is 0 Å². The molecular formula is C12H9BrClFN2O. The number of halogens is 3. The first-order valence-electron chi connectivity index (χ1n) is 5.08. The lowest BCUT2D eigenvalue weighted by atomic mass is 10.2. The number of aromatic hydroxyl groups is 1. The summed E-state index contributed by atoms with van der Waals surface area (Å²) in [6, 6.07) is 5.53. The normalized spacial score (nSPS) is 10.4. The minimum atomic E-state index is -0.400. The highest BCUT2D eigenvalue weighted by Crippen LogP contribution is 2.25. The predicted octanol–water partition coefficient (Wildman–Crippen LogP) is 3.95. The summed E-state index contributed by atoms with van der Waals surface area (Å²) in [7, 11) is 0. The SMILES string of the molecule is Oc1ccc(F)cc1CNc1cc(Br)cnc1Cl. The Bertz CT molecular complexity index is 528. The number of hydrogen-bond donors (Lipinski definition) is 2. The molecule has 1 aromatic carbocycles. The number of hydrogen-bond acceptors (Lipinski definition) is 3. The molecule has 0 bridgehead atoms. The molecule has 0 unspecified atom stereocenters. The number of pyridine rings is 1. The number of nitrogens with zero attached hydrogens (tertiary/aromatic N) is 1. The fourth-order valence-electron chi connectivity index (χ4n) is 1.43. The van der Waals surface area contributed by atoms with Gasteiger partial charge in [0.25, 0.3) is 0 Å². The van der Waals surface area contributed by atoms with Crippen LogP contribution in [0.25, 0.3) is 0 Å². The van der Waals surface area contributed by atoms with E-state index in [1.54, 1.807) is 12.3 Å². The molecule has 0 aliphatic heterocycles. The molecule has 0 radical (unpaired) electrons. The van der Waals surface area contributed by atoms with Gasteiger partial charge in [-0.25, -0.2) is 9.37 Å². The molecule has 0 fully saturated rings. The van der Waals surface area contributed by atoms with Crippen molar-refractivity contribution in [2.24, 2.45) is 0 Å². The topological polar surface area (TPSA) is 45.1 Å². The van der Waals surface area contributed by atoms with Crippen LogP contribution < -0.4 is 5.32 Å². The third kappa shape index (κ3) is 3.11. The van der Waals surface area contributed by atoms with Crippen LogP contribution in [0.1, 0.15) is 5.56 Å². The second kappa shape index (κ2) is 5.54. The molecule has 0 spiro atoms. The van der Waals surface area contributed by atoms with Gasteiger partial charge in [-0.15, -0.1) is 0 Å². The van der Waals surface area contributed by atoms with Crippen molar-refractivity contribution < 1.29 is 9.50 Å². The van der Waals surface area contributed by atoms with Gasteiger partial charge in [0, 0.05) is 22.8 Å². The molecule has 18 heavy (non-hydrogen) atoms. The fraction of sp³-hybridized carbons (Fsp3) is 0.0833. The molecule has 1 aromatic heterocycles. The quantitative estimate of drug-likeness (QED) is 0.837. The molecular weight excluding hydrogens is 322 g/mol.